The highest BCUT2D eigenvalue weighted by Crippen LogP contribution is 2.36. The summed E-state index contributed by atoms with van der Waals surface area (Å²) >= 11 is 0. The van der Waals surface area contributed by atoms with E-state index in [0.29, 0.717) is 26.1 Å². The first-order chi connectivity index (χ1) is 13.1. The Hall–Kier alpha value is -2.53. The SMILES string of the molecule is COc1ccc(OC)c([C@H](C)NC(=O)C2(c3ccccc3)CCOCC2)c1. The van der Waals surface area contributed by atoms with Gasteiger partial charge in [0.1, 0.15) is 11.5 Å². The van der Waals surface area contributed by atoms with Crippen LogP contribution in [0.5, 0.6) is 11.5 Å². The van der Waals surface area contributed by atoms with Crippen LogP contribution in [0, 0.1) is 0 Å². The van der Waals surface area contributed by atoms with Crippen molar-refractivity contribution in [3.63, 3.8) is 0 Å². The van der Waals surface area contributed by atoms with Crippen LogP contribution in [0.1, 0.15) is 36.9 Å². The highest BCUT2D eigenvalue weighted by atomic mass is 16.5. The molecule has 27 heavy (non-hydrogen) atoms. The molecule has 1 saturated heterocycles. The van der Waals surface area contributed by atoms with E-state index < -0.39 is 5.41 Å². The summed E-state index contributed by atoms with van der Waals surface area (Å²) in [6.07, 6.45) is 1.34. The predicted octanol–water partition coefficient (Wildman–Crippen LogP) is 3.63. The lowest BCUT2D eigenvalue weighted by Crippen LogP contribution is -2.48. The van der Waals surface area contributed by atoms with Crippen molar-refractivity contribution in [3.05, 3.63) is 59.7 Å². The van der Waals surface area contributed by atoms with Crippen molar-refractivity contribution in [2.24, 2.45) is 0 Å². The molecule has 3 rings (SSSR count). The predicted molar refractivity (Wildman–Crippen MR) is 104 cm³/mol. The van der Waals surface area contributed by atoms with Gasteiger partial charge in [-0.2, -0.15) is 0 Å². The summed E-state index contributed by atoms with van der Waals surface area (Å²) in [4.78, 5) is 13.4. The second-order valence-electron chi connectivity index (χ2n) is 6.86. The summed E-state index contributed by atoms with van der Waals surface area (Å²) in [7, 11) is 3.26. The number of hydrogen-bond donors (Lipinski definition) is 1. The molecule has 144 valence electrons. The van der Waals surface area contributed by atoms with Crippen LogP contribution in [0.2, 0.25) is 0 Å². The molecular weight excluding hydrogens is 342 g/mol. The van der Waals surface area contributed by atoms with Crippen LogP contribution in [0.4, 0.5) is 0 Å². The maximum absolute atomic E-state index is 13.4. The van der Waals surface area contributed by atoms with E-state index in [2.05, 4.69) is 5.32 Å². The first-order valence-corrected chi connectivity index (χ1v) is 9.27. The molecular formula is C22H27NO4. The van der Waals surface area contributed by atoms with Gasteiger partial charge in [-0.25, -0.2) is 0 Å². The lowest BCUT2D eigenvalue weighted by molar-refractivity contribution is -0.131. The van der Waals surface area contributed by atoms with Crippen molar-refractivity contribution < 1.29 is 19.0 Å². The van der Waals surface area contributed by atoms with Gasteiger partial charge in [0.25, 0.3) is 0 Å². The maximum Gasteiger partial charge on any atom is 0.231 e. The lowest BCUT2D eigenvalue weighted by Gasteiger charge is -2.37. The van der Waals surface area contributed by atoms with E-state index in [1.807, 2.05) is 55.5 Å². The zero-order chi connectivity index (χ0) is 19.3. The van der Waals surface area contributed by atoms with E-state index in [1.165, 1.54) is 0 Å². The molecule has 1 amide bonds. The van der Waals surface area contributed by atoms with Gasteiger partial charge in [0.15, 0.2) is 0 Å². The van der Waals surface area contributed by atoms with Gasteiger partial charge in [-0.3, -0.25) is 4.79 Å². The number of amides is 1. The highest BCUT2D eigenvalue weighted by molar-refractivity contribution is 5.88. The van der Waals surface area contributed by atoms with Gasteiger partial charge < -0.3 is 19.5 Å². The molecule has 1 fully saturated rings. The van der Waals surface area contributed by atoms with Crippen LogP contribution in [0.3, 0.4) is 0 Å². The molecule has 0 unspecified atom stereocenters. The third-order valence-electron chi connectivity index (χ3n) is 5.36. The zero-order valence-electron chi connectivity index (χ0n) is 16.2. The Kier molecular flexibility index (Phi) is 6.01. The van der Waals surface area contributed by atoms with Crippen LogP contribution in [0.15, 0.2) is 48.5 Å². The Labute approximate surface area is 160 Å². The van der Waals surface area contributed by atoms with E-state index in [1.54, 1.807) is 14.2 Å². The van der Waals surface area contributed by atoms with Crippen molar-refractivity contribution in [3.8, 4) is 11.5 Å². The molecule has 0 bridgehead atoms. The van der Waals surface area contributed by atoms with E-state index in [0.717, 1.165) is 22.6 Å². The third kappa shape index (κ3) is 3.93. The summed E-state index contributed by atoms with van der Waals surface area (Å²) in [5.41, 5.74) is 1.36. The number of rotatable bonds is 6. The monoisotopic (exact) mass is 369 g/mol. The normalized spacial score (nSPS) is 17.0. The largest absolute Gasteiger partial charge is 0.497 e. The van der Waals surface area contributed by atoms with Crippen LogP contribution >= 0.6 is 0 Å². The molecule has 5 nitrogen and oxygen atoms in total. The summed E-state index contributed by atoms with van der Waals surface area (Å²) < 4.78 is 16.3. The molecule has 0 saturated carbocycles. The van der Waals surface area contributed by atoms with Crippen molar-refractivity contribution in [1.82, 2.24) is 5.32 Å². The summed E-state index contributed by atoms with van der Waals surface area (Å²) in [5, 5.41) is 3.20. The average Bonchev–Trinajstić information content (AvgIpc) is 2.74. The third-order valence-corrected chi connectivity index (χ3v) is 5.36. The molecule has 1 N–H and O–H groups in total. The minimum absolute atomic E-state index is 0.0226. The van der Waals surface area contributed by atoms with Gasteiger partial charge in [0, 0.05) is 18.8 Å². The molecule has 1 aliphatic heterocycles. The first kappa shape index (κ1) is 19.2. The molecule has 0 aliphatic carbocycles. The van der Waals surface area contributed by atoms with Gasteiger partial charge in [-0.05, 0) is 43.5 Å². The first-order valence-electron chi connectivity index (χ1n) is 9.27. The topological polar surface area (TPSA) is 56.8 Å². The molecule has 1 atom stereocenters. The minimum atomic E-state index is -0.570. The summed E-state index contributed by atoms with van der Waals surface area (Å²) in [6, 6.07) is 15.4. The van der Waals surface area contributed by atoms with Gasteiger partial charge >= 0.3 is 0 Å². The lowest BCUT2D eigenvalue weighted by atomic mass is 9.73. The van der Waals surface area contributed by atoms with Gasteiger partial charge in [0.05, 0.1) is 25.7 Å². The van der Waals surface area contributed by atoms with Gasteiger partial charge in [-0.15, -0.1) is 0 Å². The number of benzene rings is 2. The second-order valence-corrected chi connectivity index (χ2v) is 6.86. The van der Waals surface area contributed by atoms with E-state index >= 15 is 0 Å². The van der Waals surface area contributed by atoms with Crippen LogP contribution in [-0.2, 0) is 14.9 Å². The molecule has 1 aliphatic rings. The highest BCUT2D eigenvalue weighted by Gasteiger charge is 2.42. The van der Waals surface area contributed by atoms with Crippen molar-refractivity contribution in [2.45, 2.75) is 31.2 Å². The Balaban J connectivity index is 1.88. The molecule has 5 heteroatoms. The number of carbonyl (C=O) groups excluding carboxylic acids is 1. The molecule has 0 aromatic heterocycles. The minimum Gasteiger partial charge on any atom is -0.497 e. The van der Waals surface area contributed by atoms with Gasteiger partial charge in [0.2, 0.25) is 5.91 Å². The zero-order valence-corrected chi connectivity index (χ0v) is 16.2. The molecule has 2 aromatic carbocycles. The number of ether oxygens (including phenoxy) is 3. The fraction of sp³-hybridized carbons (Fsp3) is 0.409. The summed E-state index contributed by atoms with van der Waals surface area (Å²) in [5.74, 6) is 1.48. The smallest absolute Gasteiger partial charge is 0.231 e. The van der Waals surface area contributed by atoms with Crippen molar-refractivity contribution in [1.29, 1.82) is 0 Å². The average molecular weight is 369 g/mol. The van der Waals surface area contributed by atoms with Crippen LogP contribution in [-0.4, -0.2) is 33.3 Å². The molecule has 0 radical (unpaired) electrons. The van der Waals surface area contributed by atoms with Crippen molar-refractivity contribution in [2.75, 3.05) is 27.4 Å². The van der Waals surface area contributed by atoms with E-state index in [4.69, 9.17) is 14.2 Å². The Bertz CT molecular complexity index is 769. The number of hydrogen-bond acceptors (Lipinski definition) is 4. The maximum atomic E-state index is 13.4. The van der Waals surface area contributed by atoms with Crippen LogP contribution in [0.25, 0.3) is 0 Å². The Morgan fingerprint density at radius 1 is 1.07 bits per heavy atom. The number of methoxy groups -OCH3 is 2. The molecule has 2 aromatic rings. The quantitative estimate of drug-likeness (QED) is 0.845. The van der Waals surface area contributed by atoms with E-state index in [-0.39, 0.29) is 11.9 Å². The second kappa shape index (κ2) is 8.44. The summed E-state index contributed by atoms with van der Waals surface area (Å²) in [6.45, 7) is 3.13. The van der Waals surface area contributed by atoms with Gasteiger partial charge in [-0.1, -0.05) is 30.3 Å². The fourth-order valence-corrected chi connectivity index (χ4v) is 3.71. The van der Waals surface area contributed by atoms with Crippen molar-refractivity contribution >= 4 is 5.91 Å². The Morgan fingerprint density at radius 2 is 1.78 bits per heavy atom. The number of nitrogens with one attached hydrogen (secondary N) is 1. The number of carbonyl (C=O) groups is 1. The van der Waals surface area contributed by atoms with E-state index in [9.17, 15) is 4.79 Å². The molecule has 0 spiro atoms. The standard InChI is InChI=1S/C22H27NO4/c1-16(19-15-18(25-2)9-10-20(19)26-3)23-21(24)22(11-13-27-14-12-22)17-7-5-4-6-8-17/h4-10,15-16H,11-14H2,1-3H3,(H,23,24)/t16-/m0/s1. The molecule has 1 heterocycles. The van der Waals surface area contributed by atoms with Crippen LogP contribution < -0.4 is 14.8 Å². The fourth-order valence-electron chi connectivity index (χ4n) is 3.71. The Morgan fingerprint density at radius 3 is 2.41 bits per heavy atom.